The van der Waals surface area contributed by atoms with Crippen LogP contribution < -0.4 is 4.90 Å². The highest BCUT2D eigenvalue weighted by atomic mass is 15.1. The predicted octanol–water partition coefficient (Wildman–Crippen LogP) is 3.87. The molecule has 0 radical (unpaired) electrons. The molecule has 1 aromatic carbocycles. The van der Waals surface area contributed by atoms with Crippen molar-refractivity contribution in [3.63, 3.8) is 0 Å². The number of anilines is 1. The lowest BCUT2D eigenvalue weighted by Gasteiger charge is -2.24. The van der Waals surface area contributed by atoms with E-state index in [0.717, 1.165) is 13.1 Å². The number of hydrogen-bond acceptors (Lipinski definition) is 1. The molecule has 82 valence electrons. The van der Waals surface area contributed by atoms with E-state index in [2.05, 4.69) is 55.7 Å². The topological polar surface area (TPSA) is 3.24 Å². The highest BCUT2D eigenvalue weighted by molar-refractivity contribution is 5.46. The summed E-state index contributed by atoms with van der Waals surface area (Å²) in [5.74, 6) is 0. The molecular formula is C14H21N. The Balaban J connectivity index is 2.67. The third-order valence-electron chi connectivity index (χ3n) is 2.36. The molecule has 1 nitrogen and oxygen atoms in total. The third kappa shape index (κ3) is 4.20. The normalized spacial score (nSPS) is 10.0. The highest BCUT2D eigenvalue weighted by Crippen LogP contribution is 2.15. The van der Waals surface area contributed by atoms with Gasteiger partial charge in [0, 0.05) is 18.8 Å². The van der Waals surface area contributed by atoms with Crippen LogP contribution >= 0.6 is 0 Å². The summed E-state index contributed by atoms with van der Waals surface area (Å²) >= 11 is 0. The maximum Gasteiger partial charge on any atom is 0.0383 e. The lowest BCUT2D eigenvalue weighted by molar-refractivity contribution is 0.738. The fourth-order valence-electron chi connectivity index (χ4n) is 1.61. The molecule has 0 aliphatic carbocycles. The molecule has 0 aliphatic heterocycles. The molecule has 0 aromatic heterocycles. The van der Waals surface area contributed by atoms with Crippen LogP contribution in [0.15, 0.2) is 42.5 Å². The summed E-state index contributed by atoms with van der Waals surface area (Å²) < 4.78 is 0. The van der Waals surface area contributed by atoms with Gasteiger partial charge in [0.2, 0.25) is 0 Å². The van der Waals surface area contributed by atoms with E-state index in [9.17, 15) is 0 Å². The molecule has 0 bridgehead atoms. The Hall–Kier alpha value is -1.24. The van der Waals surface area contributed by atoms with Crippen molar-refractivity contribution >= 4 is 5.69 Å². The summed E-state index contributed by atoms with van der Waals surface area (Å²) in [5.41, 5.74) is 2.52. The Labute approximate surface area is 93.4 Å². The van der Waals surface area contributed by atoms with Gasteiger partial charge in [-0.2, -0.15) is 0 Å². The van der Waals surface area contributed by atoms with E-state index < -0.39 is 0 Å². The average Bonchev–Trinajstić information content (AvgIpc) is 2.25. The van der Waals surface area contributed by atoms with Crippen LogP contribution in [-0.4, -0.2) is 13.1 Å². The Kier molecular flexibility index (Phi) is 4.96. The van der Waals surface area contributed by atoms with Gasteiger partial charge in [0.25, 0.3) is 0 Å². The molecule has 1 heteroatoms. The Morgan fingerprint density at radius 1 is 1.27 bits per heavy atom. The van der Waals surface area contributed by atoms with Crippen LogP contribution in [0.2, 0.25) is 0 Å². The van der Waals surface area contributed by atoms with E-state index in [1.54, 1.807) is 0 Å². The van der Waals surface area contributed by atoms with Gasteiger partial charge < -0.3 is 4.90 Å². The van der Waals surface area contributed by atoms with Crippen LogP contribution in [0.4, 0.5) is 5.69 Å². The highest BCUT2D eigenvalue weighted by Gasteiger charge is 2.04. The van der Waals surface area contributed by atoms with Crippen molar-refractivity contribution in [2.45, 2.75) is 26.7 Å². The maximum absolute atomic E-state index is 3.99. The van der Waals surface area contributed by atoms with Gasteiger partial charge in [-0.15, -0.1) is 0 Å². The Morgan fingerprint density at radius 2 is 1.93 bits per heavy atom. The lowest BCUT2D eigenvalue weighted by Crippen LogP contribution is -2.25. The fraction of sp³-hybridized carbons (Fsp3) is 0.429. The second kappa shape index (κ2) is 6.28. The molecule has 0 N–H and O–H groups in total. The summed E-state index contributed by atoms with van der Waals surface area (Å²) in [5, 5.41) is 0. The summed E-state index contributed by atoms with van der Waals surface area (Å²) in [6.45, 7) is 10.4. The molecule has 0 unspecified atom stereocenters. The number of nitrogens with zero attached hydrogens (tertiary/aromatic N) is 1. The monoisotopic (exact) mass is 203 g/mol. The van der Waals surface area contributed by atoms with E-state index in [4.69, 9.17) is 0 Å². The van der Waals surface area contributed by atoms with E-state index >= 15 is 0 Å². The lowest BCUT2D eigenvalue weighted by atomic mass is 10.2. The van der Waals surface area contributed by atoms with Gasteiger partial charge in [0.05, 0.1) is 0 Å². The number of rotatable bonds is 6. The maximum atomic E-state index is 3.99. The van der Waals surface area contributed by atoms with Crippen molar-refractivity contribution in [3.8, 4) is 0 Å². The van der Waals surface area contributed by atoms with Crippen LogP contribution in [0.3, 0.4) is 0 Å². The Morgan fingerprint density at radius 3 is 2.47 bits per heavy atom. The van der Waals surface area contributed by atoms with Crippen molar-refractivity contribution in [2.75, 3.05) is 18.0 Å². The van der Waals surface area contributed by atoms with Crippen LogP contribution in [-0.2, 0) is 0 Å². The quantitative estimate of drug-likeness (QED) is 0.634. The van der Waals surface area contributed by atoms with E-state index in [0.29, 0.717) is 0 Å². The zero-order valence-corrected chi connectivity index (χ0v) is 9.87. The molecule has 1 aromatic rings. The summed E-state index contributed by atoms with van der Waals surface area (Å²) in [6, 6.07) is 10.6. The van der Waals surface area contributed by atoms with Crippen molar-refractivity contribution in [3.05, 3.63) is 42.5 Å². The molecule has 0 saturated carbocycles. The number of para-hydroxylation sites is 1. The molecular weight excluding hydrogens is 182 g/mol. The summed E-state index contributed by atoms with van der Waals surface area (Å²) in [6.07, 6.45) is 2.47. The first kappa shape index (κ1) is 11.8. The number of unbranched alkanes of at least 4 members (excludes halogenated alkanes) is 1. The van der Waals surface area contributed by atoms with Crippen molar-refractivity contribution in [1.29, 1.82) is 0 Å². The SMILES string of the molecule is C=C(C)CN(CCCC)c1ccccc1. The van der Waals surface area contributed by atoms with Gasteiger partial charge in [-0.25, -0.2) is 0 Å². The minimum atomic E-state index is 0.962. The molecule has 0 aliphatic rings. The second-order valence-corrected chi connectivity index (χ2v) is 4.07. The van der Waals surface area contributed by atoms with Crippen LogP contribution in [0.5, 0.6) is 0 Å². The van der Waals surface area contributed by atoms with Crippen molar-refractivity contribution < 1.29 is 0 Å². The zero-order chi connectivity index (χ0) is 11.1. The van der Waals surface area contributed by atoms with Crippen LogP contribution in [0.25, 0.3) is 0 Å². The van der Waals surface area contributed by atoms with E-state index in [-0.39, 0.29) is 0 Å². The number of benzene rings is 1. The predicted molar refractivity (Wildman–Crippen MR) is 68.4 cm³/mol. The average molecular weight is 203 g/mol. The van der Waals surface area contributed by atoms with Gasteiger partial charge in [-0.1, -0.05) is 43.7 Å². The largest absolute Gasteiger partial charge is 0.368 e. The van der Waals surface area contributed by atoms with E-state index in [1.165, 1.54) is 24.1 Å². The summed E-state index contributed by atoms with van der Waals surface area (Å²) in [4.78, 5) is 2.39. The number of hydrogen-bond donors (Lipinski definition) is 0. The molecule has 0 atom stereocenters. The molecule has 0 saturated heterocycles. The smallest absolute Gasteiger partial charge is 0.0383 e. The van der Waals surface area contributed by atoms with Gasteiger partial charge >= 0.3 is 0 Å². The first-order valence-electron chi connectivity index (χ1n) is 5.68. The van der Waals surface area contributed by atoms with Crippen molar-refractivity contribution in [1.82, 2.24) is 0 Å². The molecule has 0 spiro atoms. The standard InChI is InChI=1S/C14H21N/c1-4-5-11-15(12-13(2)3)14-9-7-6-8-10-14/h6-10H,2,4-5,11-12H2,1,3H3. The first-order valence-corrected chi connectivity index (χ1v) is 5.68. The Bertz CT molecular complexity index is 289. The minimum absolute atomic E-state index is 0.962. The minimum Gasteiger partial charge on any atom is -0.368 e. The third-order valence-corrected chi connectivity index (χ3v) is 2.36. The van der Waals surface area contributed by atoms with Crippen LogP contribution in [0.1, 0.15) is 26.7 Å². The zero-order valence-electron chi connectivity index (χ0n) is 9.87. The van der Waals surface area contributed by atoms with Crippen molar-refractivity contribution in [2.24, 2.45) is 0 Å². The van der Waals surface area contributed by atoms with E-state index in [1.807, 2.05) is 0 Å². The fourth-order valence-corrected chi connectivity index (χ4v) is 1.61. The van der Waals surface area contributed by atoms with Gasteiger partial charge in [-0.05, 0) is 25.5 Å². The molecule has 0 fully saturated rings. The van der Waals surface area contributed by atoms with Gasteiger partial charge in [0.15, 0.2) is 0 Å². The van der Waals surface area contributed by atoms with Crippen LogP contribution in [0, 0.1) is 0 Å². The molecule has 0 heterocycles. The molecule has 1 rings (SSSR count). The first-order chi connectivity index (χ1) is 7.24. The molecule has 15 heavy (non-hydrogen) atoms. The van der Waals surface area contributed by atoms with Gasteiger partial charge in [-0.3, -0.25) is 0 Å². The second-order valence-electron chi connectivity index (χ2n) is 4.07. The summed E-state index contributed by atoms with van der Waals surface area (Å²) in [7, 11) is 0. The molecule has 0 amide bonds. The van der Waals surface area contributed by atoms with Gasteiger partial charge in [0.1, 0.15) is 0 Å².